The second kappa shape index (κ2) is 6.34. The Morgan fingerprint density at radius 3 is 2.33 bits per heavy atom. The number of rotatable bonds is 5. The zero-order valence-corrected chi connectivity index (χ0v) is 10.3. The third kappa shape index (κ3) is 4.33. The molecule has 1 rings (SSSR count). The summed E-state index contributed by atoms with van der Waals surface area (Å²) in [4.78, 5) is 23.6. The van der Waals surface area contributed by atoms with Crippen molar-refractivity contribution in [3.8, 4) is 0 Å². The molecule has 1 N–H and O–H groups in total. The van der Waals surface area contributed by atoms with Gasteiger partial charge in [-0.25, -0.2) is 0 Å². The van der Waals surface area contributed by atoms with Crippen molar-refractivity contribution >= 4 is 23.6 Å². The van der Waals surface area contributed by atoms with Gasteiger partial charge in [0.25, 0.3) is 11.7 Å². The van der Waals surface area contributed by atoms with Crippen molar-refractivity contribution in [2.45, 2.75) is 10.7 Å². The first-order valence-corrected chi connectivity index (χ1v) is 5.80. The highest BCUT2D eigenvalue weighted by atomic mass is 32.2. The number of carbonyl (C=O) groups is 2. The molecule has 0 fully saturated rings. The number of alkyl halides is 2. The van der Waals surface area contributed by atoms with Crippen LogP contribution in [-0.4, -0.2) is 41.2 Å². The third-order valence-electron chi connectivity index (χ3n) is 2.05. The summed E-state index contributed by atoms with van der Waals surface area (Å²) in [6, 6.07) is 5.59. The lowest BCUT2D eigenvalue weighted by Crippen LogP contribution is -2.31. The first-order chi connectivity index (χ1) is 8.40. The Morgan fingerprint density at radius 2 is 1.89 bits per heavy atom. The number of hydrogen-bond donors (Lipinski definition) is 1. The molecular formula is C11H11F2NO3S. The molecule has 18 heavy (non-hydrogen) atoms. The molecule has 0 aliphatic heterocycles. The number of halogens is 2. The van der Waals surface area contributed by atoms with Crippen LogP contribution < -0.4 is 0 Å². The number of carbonyl (C=O) groups excluding carboxylic acids is 1. The van der Waals surface area contributed by atoms with Gasteiger partial charge in [-0.05, 0) is 24.3 Å². The predicted molar refractivity (Wildman–Crippen MR) is 62.9 cm³/mol. The van der Waals surface area contributed by atoms with Crippen LogP contribution in [0.1, 0.15) is 10.4 Å². The smallest absolute Gasteiger partial charge is 0.323 e. The molecule has 0 spiro atoms. The first-order valence-electron chi connectivity index (χ1n) is 4.92. The average Bonchev–Trinajstić information content (AvgIpc) is 2.27. The SMILES string of the molecule is CN(CC(=O)O)C(=O)c1ccc(SC(F)F)cc1. The molecule has 1 aromatic rings. The Bertz CT molecular complexity index is 436. The van der Waals surface area contributed by atoms with E-state index in [-0.39, 0.29) is 5.56 Å². The van der Waals surface area contributed by atoms with Crippen LogP contribution in [0.25, 0.3) is 0 Å². The lowest BCUT2D eigenvalue weighted by Gasteiger charge is -2.14. The van der Waals surface area contributed by atoms with Gasteiger partial charge in [-0.15, -0.1) is 0 Å². The lowest BCUT2D eigenvalue weighted by atomic mass is 10.2. The second-order valence-electron chi connectivity index (χ2n) is 3.46. The van der Waals surface area contributed by atoms with Gasteiger partial charge in [0.15, 0.2) is 0 Å². The fourth-order valence-electron chi connectivity index (χ4n) is 1.27. The minimum atomic E-state index is -2.51. The Kier molecular flexibility index (Phi) is 5.08. The van der Waals surface area contributed by atoms with Gasteiger partial charge >= 0.3 is 5.97 Å². The number of carboxylic acid groups (broad SMARTS) is 1. The van der Waals surface area contributed by atoms with Crippen LogP contribution in [0.4, 0.5) is 8.78 Å². The predicted octanol–water partition coefficient (Wildman–Crippen LogP) is 2.16. The number of likely N-dealkylation sites (N-methyl/N-ethyl adjacent to an activating group) is 1. The van der Waals surface area contributed by atoms with Crippen LogP contribution in [-0.2, 0) is 4.79 Å². The fourth-order valence-corrected chi connectivity index (χ4v) is 1.77. The molecule has 0 atom stereocenters. The van der Waals surface area contributed by atoms with Gasteiger partial charge in [-0.2, -0.15) is 8.78 Å². The van der Waals surface area contributed by atoms with Crippen molar-refractivity contribution in [2.75, 3.05) is 13.6 Å². The molecule has 0 heterocycles. The van der Waals surface area contributed by atoms with E-state index in [1.807, 2.05) is 0 Å². The topological polar surface area (TPSA) is 57.6 Å². The van der Waals surface area contributed by atoms with Crippen LogP contribution in [0.3, 0.4) is 0 Å². The normalized spacial score (nSPS) is 10.4. The summed E-state index contributed by atoms with van der Waals surface area (Å²) in [5.74, 6) is -4.09. The maximum atomic E-state index is 12.1. The van der Waals surface area contributed by atoms with Crippen LogP contribution in [0.2, 0.25) is 0 Å². The monoisotopic (exact) mass is 275 g/mol. The summed E-state index contributed by atoms with van der Waals surface area (Å²) in [6.45, 7) is -0.410. The van der Waals surface area contributed by atoms with Crippen molar-refractivity contribution in [3.05, 3.63) is 29.8 Å². The molecule has 0 aliphatic rings. The van der Waals surface area contributed by atoms with Gasteiger partial charge < -0.3 is 10.0 Å². The standard InChI is InChI=1S/C11H11F2NO3S/c1-14(6-9(15)16)10(17)7-2-4-8(5-3-7)18-11(12)13/h2-5,11H,6H2,1H3,(H,15,16). The Labute approximate surface area is 107 Å². The van der Waals surface area contributed by atoms with Crippen molar-refractivity contribution in [1.29, 1.82) is 0 Å². The summed E-state index contributed by atoms with van der Waals surface area (Å²) in [5.41, 5.74) is 0.261. The van der Waals surface area contributed by atoms with Crippen molar-refractivity contribution in [1.82, 2.24) is 4.90 Å². The third-order valence-corrected chi connectivity index (χ3v) is 2.77. The average molecular weight is 275 g/mol. The van der Waals surface area contributed by atoms with Crippen molar-refractivity contribution in [2.24, 2.45) is 0 Å². The molecule has 0 aliphatic carbocycles. The number of amides is 1. The van der Waals surface area contributed by atoms with Gasteiger partial charge in [0.2, 0.25) is 0 Å². The second-order valence-corrected chi connectivity index (χ2v) is 4.52. The zero-order valence-electron chi connectivity index (χ0n) is 9.47. The van der Waals surface area contributed by atoms with Gasteiger partial charge in [0.05, 0.1) is 0 Å². The van der Waals surface area contributed by atoms with E-state index < -0.39 is 24.2 Å². The molecule has 0 saturated heterocycles. The van der Waals surface area contributed by atoms with E-state index in [1.165, 1.54) is 31.3 Å². The maximum absolute atomic E-state index is 12.1. The minimum absolute atomic E-state index is 0.261. The van der Waals surface area contributed by atoms with Gasteiger partial charge in [0, 0.05) is 17.5 Å². The maximum Gasteiger partial charge on any atom is 0.323 e. The van der Waals surface area contributed by atoms with Crippen molar-refractivity contribution < 1.29 is 23.5 Å². The molecule has 0 aromatic heterocycles. The van der Waals surface area contributed by atoms with E-state index >= 15 is 0 Å². The number of carboxylic acids is 1. The summed E-state index contributed by atoms with van der Waals surface area (Å²) in [5, 5.41) is 8.54. The van der Waals surface area contributed by atoms with Crippen LogP contribution in [0.5, 0.6) is 0 Å². The highest BCUT2D eigenvalue weighted by Crippen LogP contribution is 2.25. The molecular weight excluding hydrogens is 264 g/mol. The van der Waals surface area contributed by atoms with E-state index in [4.69, 9.17) is 5.11 Å². The fraction of sp³-hybridized carbons (Fsp3) is 0.273. The summed E-state index contributed by atoms with van der Waals surface area (Å²) >= 11 is 0.386. The van der Waals surface area contributed by atoms with E-state index in [1.54, 1.807) is 0 Å². The van der Waals surface area contributed by atoms with E-state index in [0.717, 1.165) is 4.90 Å². The quantitative estimate of drug-likeness (QED) is 0.837. The van der Waals surface area contributed by atoms with Crippen LogP contribution in [0, 0.1) is 0 Å². The molecule has 0 radical (unpaired) electrons. The highest BCUT2D eigenvalue weighted by Gasteiger charge is 2.14. The van der Waals surface area contributed by atoms with Gasteiger partial charge in [0.1, 0.15) is 6.54 Å². The van der Waals surface area contributed by atoms with E-state index in [2.05, 4.69) is 0 Å². The molecule has 1 aromatic carbocycles. The minimum Gasteiger partial charge on any atom is -0.480 e. The molecule has 4 nitrogen and oxygen atoms in total. The number of nitrogens with zero attached hydrogens (tertiary/aromatic N) is 1. The first kappa shape index (κ1) is 14.4. The Hall–Kier alpha value is -1.63. The Morgan fingerprint density at radius 1 is 1.33 bits per heavy atom. The van der Waals surface area contributed by atoms with E-state index in [9.17, 15) is 18.4 Å². The molecule has 0 saturated carbocycles. The molecule has 0 bridgehead atoms. The van der Waals surface area contributed by atoms with Gasteiger partial charge in [-0.3, -0.25) is 9.59 Å². The number of thioether (sulfide) groups is 1. The van der Waals surface area contributed by atoms with E-state index in [0.29, 0.717) is 16.7 Å². The van der Waals surface area contributed by atoms with Crippen molar-refractivity contribution in [3.63, 3.8) is 0 Å². The highest BCUT2D eigenvalue weighted by molar-refractivity contribution is 7.99. The summed E-state index contributed by atoms with van der Waals surface area (Å²) < 4.78 is 24.1. The Balaban J connectivity index is 2.72. The molecule has 7 heteroatoms. The number of hydrogen-bond acceptors (Lipinski definition) is 3. The zero-order chi connectivity index (χ0) is 13.7. The van der Waals surface area contributed by atoms with Crippen LogP contribution >= 0.6 is 11.8 Å². The molecule has 1 amide bonds. The number of aliphatic carboxylic acids is 1. The largest absolute Gasteiger partial charge is 0.480 e. The summed E-state index contributed by atoms with van der Waals surface area (Å²) in [7, 11) is 1.36. The van der Waals surface area contributed by atoms with Gasteiger partial charge in [-0.1, -0.05) is 11.8 Å². The summed E-state index contributed by atoms with van der Waals surface area (Å²) in [6.07, 6.45) is 0. The number of benzene rings is 1. The van der Waals surface area contributed by atoms with Crippen LogP contribution in [0.15, 0.2) is 29.2 Å². The lowest BCUT2D eigenvalue weighted by molar-refractivity contribution is -0.137. The molecule has 0 unspecified atom stereocenters. The molecule has 98 valence electrons.